The average Bonchev–Trinajstić information content (AvgIpc) is 3.30. The topological polar surface area (TPSA) is 59.8 Å². The predicted octanol–water partition coefficient (Wildman–Crippen LogP) is 4.69. The van der Waals surface area contributed by atoms with Gasteiger partial charge < -0.3 is 9.88 Å². The summed E-state index contributed by atoms with van der Waals surface area (Å²) >= 11 is 7.74. The van der Waals surface area contributed by atoms with Crippen molar-refractivity contribution in [2.45, 2.75) is 19.5 Å². The molecule has 1 amide bonds. The van der Waals surface area contributed by atoms with E-state index in [9.17, 15) is 4.79 Å². The van der Waals surface area contributed by atoms with Crippen molar-refractivity contribution in [3.8, 4) is 11.5 Å². The molecule has 0 radical (unpaired) electrons. The first-order chi connectivity index (χ1) is 13.1. The molecule has 0 aliphatic rings. The van der Waals surface area contributed by atoms with Crippen LogP contribution in [0.5, 0.6) is 0 Å². The van der Waals surface area contributed by atoms with Gasteiger partial charge in [-0.3, -0.25) is 4.79 Å². The van der Waals surface area contributed by atoms with Crippen molar-refractivity contribution in [2.75, 3.05) is 0 Å². The van der Waals surface area contributed by atoms with E-state index in [1.165, 1.54) is 11.3 Å². The maximum Gasteiger partial charge on any atom is 0.240 e. The van der Waals surface area contributed by atoms with Crippen LogP contribution in [0.3, 0.4) is 0 Å². The van der Waals surface area contributed by atoms with Gasteiger partial charge in [0.1, 0.15) is 12.2 Å². The van der Waals surface area contributed by atoms with Crippen LogP contribution in [0.2, 0.25) is 5.02 Å². The van der Waals surface area contributed by atoms with Crippen LogP contribution in [0.15, 0.2) is 59.4 Å². The summed E-state index contributed by atoms with van der Waals surface area (Å²) in [6.07, 6.45) is 0. The number of imidazole rings is 1. The van der Waals surface area contributed by atoms with E-state index in [-0.39, 0.29) is 18.5 Å². The Bertz CT molecular complexity index is 1090. The number of nitrogens with one attached hydrogen (secondary N) is 1. The molecular weight excluding hydrogens is 380 g/mol. The van der Waals surface area contributed by atoms with E-state index in [1.807, 2.05) is 65.4 Å². The molecule has 5 nitrogen and oxygen atoms in total. The molecule has 4 rings (SSSR count). The summed E-state index contributed by atoms with van der Waals surface area (Å²) < 4.78 is 1.90. The second-order valence-corrected chi connectivity index (χ2v) is 7.32. The van der Waals surface area contributed by atoms with Crippen LogP contribution in [0.4, 0.5) is 0 Å². The number of amides is 1. The lowest BCUT2D eigenvalue weighted by Crippen LogP contribution is -2.30. The maximum absolute atomic E-state index is 12.8. The third-order valence-electron chi connectivity index (χ3n) is 4.37. The summed E-state index contributed by atoms with van der Waals surface area (Å²) in [6, 6.07) is 15.1. The molecule has 0 saturated heterocycles. The molecule has 0 saturated carbocycles. The van der Waals surface area contributed by atoms with Gasteiger partial charge in [-0.25, -0.2) is 9.97 Å². The number of fused-ring (bicyclic) bond motifs is 1. The molecular formula is C20H17ClN4OS. The van der Waals surface area contributed by atoms with Crippen LogP contribution in [0, 0.1) is 0 Å². The lowest BCUT2D eigenvalue weighted by molar-refractivity contribution is -0.122. The Morgan fingerprint density at radius 2 is 2.00 bits per heavy atom. The Hall–Kier alpha value is -2.70. The van der Waals surface area contributed by atoms with E-state index in [1.54, 1.807) is 5.51 Å². The number of hydrogen-bond acceptors (Lipinski definition) is 4. The third-order valence-corrected chi connectivity index (χ3v) is 5.30. The molecule has 2 heterocycles. The molecule has 0 aliphatic carbocycles. The van der Waals surface area contributed by atoms with Crippen LogP contribution >= 0.6 is 22.9 Å². The molecule has 1 atom stereocenters. The third kappa shape index (κ3) is 3.59. The molecule has 1 unspecified atom stereocenters. The molecule has 0 bridgehead atoms. The largest absolute Gasteiger partial charge is 0.348 e. The van der Waals surface area contributed by atoms with Gasteiger partial charge in [-0.15, -0.1) is 11.3 Å². The van der Waals surface area contributed by atoms with Crippen molar-refractivity contribution in [3.63, 3.8) is 0 Å². The highest BCUT2D eigenvalue weighted by Gasteiger charge is 2.18. The number of carbonyl (C=O) groups excluding carboxylic acids is 1. The summed E-state index contributed by atoms with van der Waals surface area (Å²) in [7, 11) is 0. The molecule has 27 heavy (non-hydrogen) atoms. The fourth-order valence-corrected chi connectivity index (χ4v) is 3.92. The highest BCUT2D eigenvalue weighted by Crippen LogP contribution is 2.25. The maximum atomic E-state index is 12.8. The van der Waals surface area contributed by atoms with Crippen LogP contribution in [-0.2, 0) is 11.3 Å². The number of nitrogens with zero attached hydrogens (tertiary/aromatic N) is 3. The van der Waals surface area contributed by atoms with Gasteiger partial charge in [0.15, 0.2) is 5.82 Å². The zero-order valence-electron chi connectivity index (χ0n) is 14.6. The number of thiazole rings is 1. The van der Waals surface area contributed by atoms with Crippen molar-refractivity contribution >= 4 is 39.9 Å². The van der Waals surface area contributed by atoms with Crippen LogP contribution < -0.4 is 5.32 Å². The number of aromatic nitrogens is 3. The van der Waals surface area contributed by atoms with E-state index < -0.39 is 0 Å². The minimum atomic E-state index is -0.191. The molecule has 136 valence electrons. The SMILES string of the molecule is CC(NC(=O)Cn1c(-c2cscn2)nc2ccccc21)c1ccccc1Cl. The molecule has 7 heteroatoms. The summed E-state index contributed by atoms with van der Waals surface area (Å²) in [5, 5.41) is 5.60. The minimum Gasteiger partial charge on any atom is -0.348 e. The van der Waals surface area contributed by atoms with Crippen molar-refractivity contribution in [1.82, 2.24) is 19.9 Å². The Morgan fingerprint density at radius 1 is 1.22 bits per heavy atom. The van der Waals surface area contributed by atoms with E-state index in [0.29, 0.717) is 10.8 Å². The lowest BCUT2D eigenvalue weighted by atomic mass is 10.1. The molecule has 0 fully saturated rings. The first-order valence-electron chi connectivity index (χ1n) is 8.51. The van der Waals surface area contributed by atoms with Crippen LogP contribution in [-0.4, -0.2) is 20.4 Å². The fourth-order valence-electron chi connectivity index (χ4n) is 3.09. The summed E-state index contributed by atoms with van der Waals surface area (Å²) in [5.41, 5.74) is 5.16. The first kappa shape index (κ1) is 17.7. The summed E-state index contributed by atoms with van der Waals surface area (Å²) in [6.45, 7) is 2.08. The lowest BCUT2D eigenvalue weighted by Gasteiger charge is -2.16. The van der Waals surface area contributed by atoms with Gasteiger partial charge in [0.2, 0.25) is 5.91 Å². The molecule has 1 N–H and O–H groups in total. The Morgan fingerprint density at radius 3 is 2.78 bits per heavy atom. The Balaban J connectivity index is 1.62. The second kappa shape index (κ2) is 7.50. The van der Waals surface area contributed by atoms with Crippen LogP contribution in [0.1, 0.15) is 18.5 Å². The van der Waals surface area contributed by atoms with Gasteiger partial charge in [-0.1, -0.05) is 41.9 Å². The number of halogens is 1. The highest BCUT2D eigenvalue weighted by atomic mass is 35.5. The van der Waals surface area contributed by atoms with E-state index in [4.69, 9.17) is 11.6 Å². The smallest absolute Gasteiger partial charge is 0.240 e. The molecule has 4 aromatic rings. The van der Waals surface area contributed by atoms with Gasteiger partial charge in [-0.05, 0) is 30.7 Å². The van der Waals surface area contributed by atoms with Gasteiger partial charge in [-0.2, -0.15) is 0 Å². The predicted molar refractivity (Wildman–Crippen MR) is 109 cm³/mol. The summed E-state index contributed by atoms with van der Waals surface area (Å²) in [4.78, 5) is 21.8. The highest BCUT2D eigenvalue weighted by molar-refractivity contribution is 7.07. The van der Waals surface area contributed by atoms with Gasteiger partial charge in [0, 0.05) is 10.4 Å². The van der Waals surface area contributed by atoms with Gasteiger partial charge in [0.05, 0.1) is 22.6 Å². The second-order valence-electron chi connectivity index (χ2n) is 6.19. The number of benzene rings is 2. The first-order valence-corrected chi connectivity index (χ1v) is 9.83. The minimum absolute atomic E-state index is 0.109. The normalized spacial score (nSPS) is 12.2. The van der Waals surface area contributed by atoms with Crippen molar-refractivity contribution in [3.05, 3.63) is 70.0 Å². The molecule has 2 aromatic carbocycles. The summed E-state index contributed by atoms with van der Waals surface area (Å²) in [5.74, 6) is 0.583. The zero-order valence-corrected chi connectivity index (χ0v) is 16.2. The number of para-hydroxylation sites is 2. The Kier molecular flexibility index (Phi) is 4.92. The number of carbonyl (C=O) groups is 1. The Labute approximate surface area is 165 Å². The van der Waals surface area contributed by atoms with Crippen molar-refractivity contribution < 1.29 is 4.79 Å². The fraction of sp³-hybridized carbons (Fsp3) is 0.150. The van der Waals surface area contributed by atoms with Crippen molar-refractivity contribution in [1.29, 1.82) is 0 Å². The van der Waals surface area contributed by atoms with E-state index in [2.05, 4.69) is 15.3 Å². The van der Waals surface area contributed by atoms with Gasteiger partial charge >= 0.3 is 0 Å². The zero-order chi connectivity index (χ0) is 18.8. The monoisotopic (exact) mass is 396 g/mol. The average molecular weight is 397 g/mol. The quantitative estimate of drug-likeness (QED) is 0.532. The number of rotatable bonds is 5. The molecule has 2 aromatic heterocycles. The molecule has 0 spiro atoms. The standard InChI is InChI=1S/C20H17ClN4OS/c1-13(14-6-2-3-7-15(14)21)23-19(26)10-25-18-9-5-4-8-16(18)24-20(25)17-11-27-12-22-17/h2-9,11-13H,10H2,1H3,(H,23,26). The van der Waals surface area contributed by atoms with E-state index in [0.717, 1.165) is 22.3 Å². The number of hydrogen-bond donors (Lipinski definition) is 1. The van der Waals surface area contributed by atoms with Gasteiger partial charge in [0.25, 0.3) is 0 Å². The molecule has 0 aliphatic heterocycles. The van der Waals surface area contributed by atoms with E-state index >= 15 is 0 Å². The van der Waals surface area contributed by atoms with Crippen molar-refractivity contribution in [2.24, 2.45) is 0 Å². The van der Waals surface area contributed by atoms with Crippen LogP contribution in [0.25, 0.3) is 22.6 Å².